The van der Waals surface area contributed by atoms with Crippen LogP contribution in [-0.2, 0) is 16.1 Å². The predicted octanol–water partition coefficient (Wildman–Crippen LogP) is 2.68. The highest BCUT2D eigenvalue weighted by Gasteiger charge is 2.20. The molecule has 0 bridgehead atoms. The number of amides is 1. The van der Waals surface area contributed by atoms with Crippen molar-refractivity contribution in [1.29, 1.82) is 0 Å². The number of carboxylic acid groups (broad SMARTS) is 1. The number of thioether (sulfide) groups is 1. The zero-order valence-corrected chi connectivity index (χ0v) is 12.5. The zero-order valence-electron chi connectivity index (χ0n) is 11.7. The summed E-state index contributed by atoms with van der Waals surface area (Å²) in [7, 11) is 0. The predicted molar refractivity (Wildman–Crippen MR) is 83.3 cm³/mol. The third-order valence-corrected chi connectivity index (χ3v) is 3.59. The Bertz CT molecular complexity index is 464. The number of ether oxygens (including phenoxy) is 1. The van der Waals surface area contributed by atoms with E-state index in [1.165, 1.54) is 0 Å². The lowest BCUT2D eigenvalue weighted by molar-refractivity contribution is -0.139. The van der Waals surface area contributed by atoms with Crippen LogP contribution in [0.15, 0.2) is 43.0 Å². The number of hydrogen-bond donors (Lipinski definition) is 2. The number of carbonyl (C=O) groups is 2. The van der Waals surface area contributed by atoms with Crippen LogP contribution >= 0.6 is 11.8 Å². The van der Waals surface area contributed by atoms with E-state index in [9.17, 15) is 9.59 Å². The maximum Gasteiger partial charge on any atom is 0.408 e. The molecule has 1 aromatic carbocycles. The lowest BCUT2D eigenvalue weighted by Gasteiger charge is -2.14. The molecule has 0 aromatic heterocycles. The van der Waals surface area contributed by atoms with Crippen molar-refractivity contribution in [2.45, 2.75) is 19.1 Å². The quantitative estimate of drug-likeness (QED) is 0.542. The molecular weight excluding hydrogens is 290 g/mol. The van der Waals surface area contributed by atoms with Crippen LogP contribution in [-0.4, -0.2) is 34.7 Å². The molecule has 1 rings (SSSR count). The Balaban J connectivity index is 2.34. The van der Waals surface area contributed by atoms with E-state index < -0.39 is 18.1 Å². The van der Waals surface area contributed by atoms with Gasteiger partial charge in [-0.15, -0.1) is 6.58 Å². The van der Waals surface area contributed by atoms with E-state index in [4.69, 9.17) is 9.84 Å². The summed E-state index contributed by atoms with van der Waals surface area (Å²) in [5.41, 5.74) is 0.848. The molecule has 114 valence electrons. The maximum atomic E-state index is 11.6. The minimum absolute atomic E-state index is 0.115. The molecule has 0 fully saturated rings. The Morgan fingerprint density at radius 1 is 1.38 bits per heavy atom. The molecule has 0 saturated heterocycles. The number of rotatable bonds is 9. The van der Waals surface area contributed by atoms with Crippen LogP contribution in [0.2, 0.25) is 0 Å². The molecule has 1 atom stereocenters. The van der Waals surface area contributed by atoms with E-state index in [0.29, 0.717) is 12.2 Å². The van der Waals surface area contributed by atoms with Gasteiger partial charge in [0.25, 0.3) is 0 Å². The van der Waals surface area contributed by atoms with E-state index in [0.717, 1.165) is 11.3 Å². The monoisotopic (exact) mass is 309 g/mol. The maximum absolute atomic E-state index is 11.6. The molecule has 0 spiro atoms. The number of benzene rings is 1. The van der Waals surface area contributed by atoms with Gasteiger partial charge in [0.1, 0.15) is 12.6 Å². The molecule has 0 heterocycles. The molecule has 1 amide bonds. The molecule has 0 aliphatic heterocycles. The molecule has 0 aliphatic carbocycles. The third-order valence-electron chi connectivity index (χ3n) is 2.59. The first-order valence-electron chi connectivity index (χ1n) is 6.52. The molecule has 1 unspecified atom stereocenters. The molecule has 0 radical (unpaired) electrons. The fourth-order valence-electron chi connectivity index (χ4n) is 1.53. The molecule has 5 nitrogen and oxygen atoms in total. The van der Waals surface area contributed by atoms with Crippen molar-refractivity contribution in [3.8, 4) is 0 Å². The fourth-order valence-corrected chi connectivity index (χ4v) is 2.27. The number of carboxylic acids is 1. The van der Waals surface area contributed by atoms with E-state index in [2.05, 4.69) is 11.9 Å². The van der Waals surface area contributed by atoms with Crippen molar-refractivity contribution in [2.24, 2.45) is 0 Å². The Kier molecular flexibility index (Phi) is 8.04. The number of nitrogens with one attached hydrogen (secondary N) is 1. The minimum Gasteiger partial charge on any atom is -0.480 e. The molecule has 0 aliphatic rings. The third kappa shape index (κ3) is 7.41. The van der Waals surface area contributed by atoms with E-state index in [-0.39, 0.29) is 6.61 Å². The van der Waals surface area contributed by atoms with Gasteiger partial charge < -0.3 is 15.2 Å². The zero-order chi connectivity index (χ0) is 15.5. The van der Waals surface area contributed by atoms with Crippen LogP contribution < -0.4 is 5.32 Å². The molecule has 21 heavy (non-hydrogen) atoms. The largest absolute Gasteiger partial charge is 0.480 e. The van der Waals surface area contributed by atoms with Crippen molar-refractivity contribution in [1.82, 2.24) is 5.32 Å². The van der Waals surface area contributed by atoms with Gasteiger partial charge in [0, 0.05) is 5.75 Å². The van der Waals surface area contributed by atoms with E-state index in [1.807, 2.05) is 30.3 Å². The van der Waals surface area contributed by atoms with Gasteiger partial charge in [-0.2, -0.15) is 11.8 Å². The summed E-state index contributed by atoms with van der Waals surface area (Å²) in [6.07, 6.45) is 1.37. The molecular formula is C15H19NO4S. The van der Waals surface area contributed by atoms with Crippen molar-refractivity contribution < 1.29 is 19.4 Å². The Hall–Kier alpha value is -1.95. The van der Waals surface area contributed by atoms with Crippen LogP contribution in [0.3, 0.4) is 0 Å². The van der Waals surface area contributed by atoms with Gasteiger partial charge in [0.2, 0.25) is 0 Å². The average molecular weight is 309 g/mol. The number of carbonyl (C=O) groups excluding carboxylic acids is 1. The van der Waals surface area contributed by atoms with Crippen LogP contribution in [0.5, 0.6) is 0 Å². The Morgan fingerprint density at radius 3 is 2.71 bits per heavy atom. The average Bonchev–Trinajstić information content (AvgIpc) is 2.49. The van der Waals surface area contributed by atoms with Crippen LogP contribution in [0, 0.1) is 0 Å². The smallest absolute Gasteiger partial charge is 0.408 e. The highest BCUT2D eigenvalue weighted by molar-refractivity contribution is 7.99. The summed E-state index contributed by atoms with van der Waals surface area (Å²) in [4.78, 5) is 22.7. The lowest BCUT2D eigenvalue weighted by atomic mass is 10.2. The summed E-state index contributed by atoms with van der Waals surface area (Å²) in [6.45, 7) is 3.70. The lowest BCUT2D eigenvalue weighted by Crippen LogP contribution is -2.41. The van der Waals surface area contributed by atoms with Gasteiger partial charge in [0.05, 0.1) is 0 Å². The number of hydrogen-bond acceptors (Lipinski definition) is 4. The topological polar surface area (TPSA) is 75.6 Å². The summed E-state index contributed by atoms with van der Waals surface area (Å²) >= 11 is 1.56. The van der Waals surface area contributed by atoms with Gasteiger partial charge in [-0.1, -0.05) is 36.4 Å². The van der Waals surface area contributed by atoms with Crippen molar-refractivity contribution >= 4 is 23.8 Å². The van der Waals surface area contributed by atoms with Gasteiger partial charge in [0.15, 0.2) is 0 Å². The normalized spacial score (nSPS) is 11.4. The minimum atomic E-state index is -1.06. The first-order valence-corrected chi connectivity index (χ1v) is 7.67. The standard InChI is InChI=1S/C15H19NO4S/c1-2-9-21-10-8-13(14(17)18)16-15(19)20-11-12-6-4-3-5-7-12/h2-7,13H,1,8-11H2,(H,16,19)(H,17,18). The summed E-state index contributed by atoms with van der Waals surface area (Å²) < 4.78 is 5.00. The molecule has 1 aromatic rings. The molecule has 6 heteroatoms. The van der Waals surface area contributed by atoms with E-state index >= 15 is 0 Å². The Labute approximate surface area is 128 Å². The fraction of sp³-hybridized carbons (Fsp3) is 0.333. The van der Waals surface area contributed by atoms with Crippen molar-refractivity contribution in [3.63, 3.8) is 0 Å². The van der Waals surface area contributed by atoms with Crippen LogP contribution in [0.4, 0.5) is 4.79 Å². The van der Waals surface area contributed by atoms with Crippen molar-refractivity contribution in [3.05, 3.63) is 48.6 Å². The van der Waals surface area contributed by atoms with Gasteiger partial charge in [-0.25, -0.2) is 9.59 Å². The second-order valence-corrected chi connectivity index (χ2v) is 5.40. The van der Waals surface area contributed by atoms with Gasteiger partial charge >= 0.3 is 12.1 Å². The summed E-state index contributed by atoms with van der Waals surface area (Å²) in [6, 6.07) is 8.26. The molecule has 0 saturated carbocycles. The second kappa shape index (κ2) is 9.88. The van der Waals surface area contributed by atoms with Crippen molar-refractivity contribution in [2.75, 3.05) is 11.5 Å². The Morgan fingerprint density at radius 2 is 2.10 bits per heavy atom. The number of alkyl carbamates (subject to hydrolysis) is 1. The molecule has 2 N–H and O–H groups in total. The first kappa shape index (κ1) is 17.1. The van der Waals surface area contributed by atoms with Gasteiger partial charge in [-0.05, 0) is 17.7 Å². The van der Waals surface area contributed by atoms with Gasteiger partial charge in [-0.3, -0.25) is 0 Å². The van der Waals surface area contributed by atoms with E-state index in [1.54, 1.807) is 17.8 Å². The first-order chi connectivity index (χ1) is 10.1. The highest BCUT2D eigenvalue weighted by atomic mass is 32.2. The SMILES string of the molecule is C=CCSCCC(NC(=O)OCc1ccccc1)C(=O)O. The summed E-state index contributed by atoms with van der Waals surface area (Å²) in [5, 5.41) is 11.4. The number of aliphatic carboxylic acids is 1. The highest BCUT2D eigenvalue weighted by Crippen LogP contribution is 2.06. The second-order valence-electron chi connectivity index (χ2n) is 4.25. The van der Waals surface area contributed by atoms with Crippen LogP contribution in [0.25, 0.3) is 0 Å². The van der Waals surface area contributed by atoms with Crippen LogP contribution in [0.1, 0.15) is 12.0 Å². The summed E-state index contributed by atoms with van der Waals surface area (Å²) in [5.74, 6) is 0.318.